The van der Waals surface area contributed by atoms with Crippen molar-refractivity contribution in [2.24, 2.45) is 0 Å². The molecule has 172 valence electrons. The third kappa shape index (κ3) is 5.85. The molecule has 1 fully saturated rings. The van der Waals surface area contributed by atoms with Crippen LogP contribution in [-0.4, -0.2) is 49.8 Å². The molecular formula is C23H26F3N3O3. The van der Waals surface area contributed by atoms with Gasteiger partial charge in [-0.3, -0.25) is 0 Å². The average molecular weight is 449 g/mol. The van der Waals surface area contributed by atoms with Crippen molar-refractivity contribution in [3.8, 4) is 11.5 Å². The van der Waals surface area contributed by atoms with Gasteiger partial charge >= 0.3 is 12.2 Å². The van der Waals surface area contributed by atoms with Crippen molar-refractivity contribution < 1.29 is 27.4 Å². The maximum absolute atomic E-state index is 13.0. The van der Waals surface area contributed by atoms with Gasteiger partial charge in [-0.05, 0) is 68.2 Å². The van der Waals surface area contributed by atoms with Gasteiger partial charge < -0.3 is 25.0 Å². The lowest BCUT2D eigenvalue weighted by Gasteiger charge is -2.25. The number of rotatable bonds is 6. The summed E-state index contributed by atoms with van der Waals surface area (Å²) in [4.78, 5) is 14.9. The van der Waals surface area contributed by atoms with E-state index in [0.717, 1.165) is 43.6 Å². The fourth-order valence-corrected chi connectivity index (χ4v) is 4.06. The highest BCUT2D eigenvalue weighted by Crippen LogP contribution is 2.32. The second kappa shape index (κ2) is 9.68. The standard InChI is InChI=1S/C23H26F3N3O3/c24-23(25,26)17-4-3-5-18(14-17)27-22(30)28-19(15-29-8-1-2-9-29)12-16-6-7-20-21(13-16)32-11-10-31-20/h3-7,13-14,19H,1-2,8-12,15H2,(H2,27,28,30). The topological polar surface area (TPSA) is 62.8 Å². The van der Waals surface area contributed by atoms with Crippen LogP contribution in [0.3, 0.4) is 0 Å². The third-order valence-electron chi connectivity index (χ3n) is 5.55. The van der Waals surface area contributed by atoms with E-state index >= 15 is 0 Å². The van der Waals surface area contributed by atoms with Gasteiger partial charge in [0.15, 0.2) is 11.5 Å². The van der Waals surface area contributed by atoms with Gasteiger partial charge in [-0.2, -0.15) is 13.2 Å². The summed E-state index contributed by atoms with van der Waals surface area (Å²) in [5.41, 5.74) is 0.273. The number of benzene rings is 2. The number of ether oxygens (including phenoxy) is 2. The Hall–Kier alpha value is -2.94. The molecule has 0 bridgehead atoms. The Morgan fingerprint density at radius 2 is 1.78 bits per heavy atom. The highest BCUT2D eigenvalue weighted by Gasteiger charge is 2.30. The van der Waals surface area contributed by atoms with E-state index in [1.807, 2.05) is 18.2 Å². The molecule has 1 atom stereocenters. The van der Waals surface area contributed by atoms with Crippen LogP contribution in [0.1, 0.15) is 24.0 Å². The van der Waals surface area contributed by atoms with Gasteiger partial charge in [0.1, 0.15) is 13.2 Å². The number of alkyl halides is 3. The van der Waals surface area contributed by atoms with Gasteiger partial charge in [0.2, 0.25) is 0 Å². The number of carbonyl (C=O) groups excluding carboxylic acids is 1. The maximum Gasteiger partial charge on any atom is 0.416 e. The van der Waals surface area contributed by atoms with Crippen molar-refractivity contribution in [3.05, 3.63) is 53.6 Å². The number of carbonyl (C=O) groups is 1. The van der Waals surface area contributed by atoms with Crippen molar-refractivity contribution in [2.45, 2.75) is 31.5 Å². The van der Waals surface area contributed by atoms with Gasteiger partial charge in [0.25, 0.3) is 0 Å². The molecule has 2 aliphatic heterocycles. The molecule has 4 rings (SSSR count). The Labute approximate surface area is 184 Å². The lowest BCUT2D eigenvalue weighted by atomic mass is 10.0. The summed E-state index contributed by atoms with van der Waals surface area (Å²) in [5.74, 6) is 1.38. The second-order valence-electron chi connectivity index (χ2n) is 8.06. The van der Waals surface area contributed by atoms with Crippen LogP contribution in [0.5, 0.6) is 11.5 Å². The summed E-state index contributed by atoms with van der Waals surface area (Å²) in [6.07, 6.45) is -1.67. The van der Waals surface area contributed by atoms with Crippen molar-refractivity contribution >= 4 is 11.7 Å². The van der Waals surface area contributed by atoms with E-state index in [-0.39, 0.29) is 11.7 Å². The molecule has 2 heterocycles. The average Bonchev–Trinajstić information content (AvgIpc) is 3.26. The molecule has 0 saturated carbocycles. The minimum Gasteiger partial charge on any atom is -0.486 e. The molecule has 1 saturated heterocycles. The molecule has 1 unspecified atom stereocenters. The maximum atomic E-state index is 13.0. The number of amides is 2. The molecule has 2 aromatic rings. The lowest BCUT2D eigenvalue weighted by Crippen LogP contribution is -2.46. The van der Waals surface area contributed by atoms with Crippen LogP contribution in [-0.2, 0) is 12.6 Å². The smallest absolute Gasteiger partial charge is 0.416 e. The number of hydrogen-bond acceptors (Lipinski definition) is 4. The number of halogens is 3. The van der Waals surface area contributed by atoms with Gasteiger partial charge in [-0.15, -0.1) is 0 Å². The summed E-state index contributed by atoms with van der Waals surface area (Å²) in [5, 5.41) is 5.47. The summed E-state index contributed by atoms with van der Waals surface area (Å²) >= 11 is 0. The Bertz CT molecular complexity index is 946. The molecule has 2 N–H and O–H groups in total. The van der Waals surface area contributed by atoms with Crippen LogP contribution in [0, 0.1) is 0 Å². The predicted molar refractivity (Wildman–Crippen MR) is 114 cm³/mol. The molecule has 0 radical (unpaired) electrons. The molecular weight excluding hydrogens is 423 g/mol. The van der Waals surface area contributed by atoms with Crippen LogP contribution in [0.15, 0.2) is 42.5 Å². The normalized spacial score (nSPS) is 17.1. The minimum absolute atomic E-state index is 0.0941. The highest BCUT2D eigenvalue weighted by atomic mass is 19.4. The SMILES string of the molecule is O=C(Nc1cccc(C(F)(F)F)c1)NC(Cc1ccc2c(c1)OCCO2)CN1CCCC1. The van der Waals surface area contributed by atoms with Crippen LogP contribution in [0.2, 0.25) is 0 Å². The van der Waals surface area contributed by atoms with E-state index < -0.39 is 17.8 Å². The second-order valence-corrected chi connectivity index (χ2v) is 8.06. The number of fused-ring (bicyclic) bond motifs is 1. The van der Waals surface area contributed by atoms with Crippen molar-refractivity contribution in [3.63, 3.8) is 0 Å². The summed E-state index contributed by atoms with van der Waals surface area (Å²) in [6.45, 7) is 3.60. The van der Waals surface area contributed by atoms with Crippen molar-refractivity contribution in [2.75, 3.05) is 38.2 Å². The number of nitrogens with zero attached hydrogens (tertiary/aromatic N) is 1. The van der Waals surface area contributed by atoms with Crippen molar-refractivity contribution in [1.82, 2.24) is 10.2 Å². The number of hydrogen-bond donors (Lipinski definition) is 2. The van der Waals surface area contributed by atoms with E-state index in [2.05, 4.69) is 15.5 Å². The monoisotopic (exact) mass is 449 g/mol. The van der Waals surface area contributed by atoms with Crippen LogP contribution in [0.25, 0.3) is 0 Å². The number of urea groups is 1. The molecule has 0 aromatic heterocycles. The molecule has 0 spiro atoms. The zero-order valence-corrected chi connectivity index (χ0v) is 17.6. The first-order chi connectivity index (χ1) is 15.4. The molecule has 6 nitrogen and oxygen atoms in total. The van der Waals surface area contributed by atoms with Gasteiger partial charge in [-0.1, -0.05) is 12.1 Å². The van der Waals surface area contributed by atoms with Crippen LogP contribution < -0.4 is 20.1 Å². The molecule has 2 aromatic carbocycles. The third-order valence-corrected chi connectivity index (χ3v) is 5.55. The van der Waals surface area contributed by atoms with Crippen LogP contribution >= 0.6 is 0 Å². The summed E-state index contributed by atoms with van der Waals surface area (Å²) < 4.78 is 50.1. The van der Waals surface area contributed by atoms with Gasteiger partial charge in [0.05, 0.1) is 5.56 Å². The van der Waals surface area contributed by atoms with Crippen molar-refractivity contribution in [1.29, 1.82) is 0 Å². The fraction of sp³-hybridized carbons (Fsp3) is 0.435. The van der Waals surface area contributed by atoms with Gasteiger partial charge in [-0.25, -0.2) is 4.79 Å². The first-order valence-corrected chi connectivity index (χ1v) is 10.7. The quantitative estimate of drug-likeness (QED) is 0.690. The Morgan fingerprint density at radius 3 is 2.53 bits per heavy atom. The number of likely N-dealkylation sites (tertiary alicyclic amines) is 1. The first-order valence-electron chi connectivity index (χ1n) is 10.7. The Kier molecular flexibility index (Phi) is 6.74. The number of nitrogens with one attached hydrogen (secondary N) is 2. The van der Waals surface area contributed by atoms with E-state index in [4.69, 9.17) is 9.47 Å². The van der Waals surface area contributed by atoms with Crippen LogP contribution in [0.4, 0.5) is 23.7 Å². The predicted octanol–water partition coefficient (Wildman–Crippen LogP) is 4.31. The molecule has 9 heteroatoms. The molecule has 32 heavy (non-hydrogen) atoms. The molecule has 2 amide bonds. The van der Waals surface area contributed by atoms with Gasteiger partial charge in [0, 0.05) is 18.3 Å². The zero-order chi connectivity index (χ0) is 22.6. The largest absolute Gasteiger partial charge is 0.486 e. The molecule has 2 aliphatic rings. The summed E-state index contributed by atoms with van der Waals surface area (Å²) in [6, 6.07) is 9.57. The minimum atomic E-state index is -4.47. The zero-order valence-electron chi connectivity index (χ0n) is 17.6. The van der Waals surface area contributed by atoms with E-state index in [0.29, 0.717) is 37.7 Å². The van der Waals surface area contributed by atoms with E-state index in [1.54, 1.807) is 0 Å². The number of anilines is 1. The van der Waals surface area contributed by atoms with E-state index in [9.17, 15) is 18.0 Å². The lowest BCUT2D eigenvalue weighted by molar-refractivity contribution is -0.137. The first kappa shape index (κ1) is 22.3. The fourth-order valence-electron chi connectivity index (χ4n) is 4.06. The van der Waals surface area contributed by atoms with E-state index in [1.165, 1.54) is 12.1 Å². The summed E-state index contributed by atoms with van der Waals surface area (Å²) in [7, 11) is 0. The Morgan fingerprint density at radius 1 is 1.03 bits per heavy atom. The highest BCUT2D eigenvalue weighted by molar-refractivity contribution is 5.89. The Balaban J connectivity index is 1.44. The molecule has 0 aliphatic carbocycles.